The largest absolute Gasteiger partial charge is 0.0848 e. The van der Waals surface area contributed by atoms with Crippen molar-refractivity contribution in [2.24, 2.45) is 41.4 Å². The van der Waals surface area contributed by atoms with Gasteiger partial charge in [-0.2, -0.15) is 0 Å². The number of fused-ring (bicyclic) bond motifs is 9. The van der Waals surface area contributed by atoms with E-state index in [1.165, 1.54) is 64.2 Å². The standard InChI is InChI=1S/C23H38/c1-2-3-4-5-6-7-8-9-10-11-17-14-20-16-21(17)23-19-13-12-18(15-19)22(20)23/h12-13,17-23H,2-11,14-16H2,1H3. The van der Waals surface area contributed by atoms with Gasteiger partial charge in [-0.1, -0.05) is 83.3 Å². The highest BCUT2D eigenvalue weighted by molar-refractivity contribution is 5.20. The molecule has 3 saturated carbocycles. The average Bonchev–Trinajstić information content (AvgIpc) is 3.31. The van der Waals surface area contributed by atoms with E-state index < -0.39 is 0 Å². The zero-order valence-corrected chi connectivity index (χ0v) is 15.4. The van der Waals surface area contributed by atoms with E-state index in [1.54, 1.807) is 19.3 Å². The Labute approximate surface area is 144 Å². The van der Waals surface area contributed by atoms with Crippen molar-refractivity contribution in [1.29, 1.82) is 0 Å². The van der Waals surface area contributed by atoms with Crippen LogP contribution in [0.5, 0.6) is 0 Å². The van der Waals surface area contributed by atoms with Gasteiger partial charge in [0.15, 0.2) is 0 Å². The molecule has 0 aromatic rings. The van der Waals surface area contributed by atoms with Gasteiger partial charge in [0.25, 0.3) is 0 Å². The van der Waals surface area contributed by atoms with E-state index in [9.17, 15) is 0 Å². The minimum absolute atomic E-state index is 1.01. The maximum absolute atomic E-state index is 2.60. The number of hydrogen-bond donors (Lipinski definition) is 0. The molecule has 0 amide bonds. The van der Waals surface area contributed by atoms with Crippen molar-refractivity contribution < 1.29 is 0 Å². The monoisotopic (exact) mass is 314 g/mol. The van der Waals surface area contributed by atoms with Crippen LogP contribution in [0.15, 0.2) is 12.2 Å². The third kappa shape index (κ3) is 3.16. The predicted octanol–water partition coefficient (Wildman–Crippen LogP) is 7.00. The Morgan fingerprint density at radius 3 is 2.09 bits per heavy atom. The summed E-state index contributed by atoms with van der Waals surface area (Å²) in [6, 6.07) is 0. The van der Waals surface area contributed by atoms with E-state index >= 15 is 0 Å². The molecule has 3 fully saturated rings. The van der Waals surface area contributed by atoms with Gasteiger partial charge in [0.05, 0.1) is 0 Å². The Balaban J connectivity index is 1.11. The maximum Gasteiger partial charge on any atom is -0.0194 e. The van der Waals surface area contributed by atoms with Crippen LogP contribution in [0.4, 0.5) is 0 Å². The molecule has 130 valence electrons. The molecule has 0 heterocycles. The highest BCUT2D eigenvalue weighted by atomic mass is 14.6. The molecule has 0 saturated heterocycles. The van der Waals surface area contributed by atoms with Gasteiger partial charge in [-0.25, -0.2) is 0 Å². The Morgan fingerprint density at radius 1 is 0.696 bits per heavy atom. The van der Waals surface area contributed by atoms with Gasteiger partial charge in [-0.3, -0.25) is 0 Å². The fourth-order valence-corrected chi connectivity index (χ4v) is 7.20. The van der Waals surface area contributed by atoms with E-state index in [1.807, 2.05) is 0 Å². The van der Waals surface area contributed by atoms with Gasteiger partial charge in [0.1, 0.15) is 0 Å². The smallest absolute Gasteiger partial charge is 0.0194 e. The van der Waals surface area contributed by atoms with Crippen molar-refractivity contribution in [2.45, 2.75) is 90.4 Å². The lowest BCUT2D eigenvalue weighted by Gasteiger charge is -2.36. The summed E-state index contributed by atoms with van der Waals surface area (Å²) in [4.78, 5) is 0. The fourth-order valence-electron chi connectivity index (χ4n) is 7.20. The van der Waals surface area contributed by atoms with Crippen molar-refractivity contribution in [2.75, 3.05) is 0 Å². The summed E-state index contributed by atoms with van der Waals surface area (Å²) in [5.41, 5.74) is 0. The summed E-state index contributed by atoms with van der Waals surface area (Å²) < 4.78 is 0. The summed E-state index contributed by atoms with van der Waals surface area (Å²) in [5.74, 6) is 7.67. The van der Waals surface area contributed by atoms with Crippen LogP contribution >= 0.6 is 0 Å². The minimum atomic E-state index is 1.01. The van der Waals surface area contributed by atoms with Gasteiger partial charge in [0.2, 0.25) is 0 Å². The van der Waals surface area contributed by atoms with E-state index in [-0.39, 0.29) is 0 Å². The van der Waals surface area contributed by atoms with Gasteiger partial charge < -0.3 is 0 Å². The highest BCUT2D eigenvalue weighted by Gasteiger charge is 2.60. The lowest BCUT2D eigenvalue weighted by molar-refractivity contribution is 0.142. The molecule has 0 aromatic carbocycles. The minimum Gasteiger partial charge on any atom is -0.0848 e. The van der Waals surface area contributed by atoms with Gasteiger partial charge in [-0.15, -0.1) is 0 Å². The predicted molar refractivity (Wildman–Crippen MR) is 99.3 cm³/mol. The van der Waals surface area contributed by atoms with Crippen molar-refractivity contribution in [1.82, 2.24) is 0 Å². The van der Waals surface area contributed by atoms with Crippen LogP contribution < -0.4 is 0 Å². The van der Waals surface area contributed by atoms with Crippen LogP contribution in [-0.4, -0.2) is 0 Å². The lowest BCUT2D eigenvalue weighted by Crippen LogP contribution is -2.30. The number of hydrogen-bond acceptors (Lipinski definition) is 0. The zero-order valence-electron chi connectivity index (χ0n) is 15.4. The third-order valence-electron chi connectivity index (χ3n) is 8.09. The highest BCUT2D eigenvalue weighted by Crippen LogP contribution is 2.67. The first-order valence-corrected chi connectivity index (χ1v) is 11.1. The molecular formula is C23H38. The summed E-state index contributed by atoms with van der Waals surface area (Å²) in [5, 5.41) is 0. The molecular weight excluding hydrogens is 276 g/mol. The molecule has 0 heteroatoms. The Hall–Kier alpha value is -0.260. The van der Waals surface area contributed by atoms with Crippen LogP contribution in [0.25, 0.3) is 0 Å². The molecule has 4 aliphatic carbocycles. The van der Waals surface area contributed by atoms with Crippen molar-refractivity contribution in [3.63, 3.8) is 0 Å². The fraction of sp³-hybridized carbons (Fsp3) is 0.913. The van der Waals surface area contributed by atoms with Crippen molar-refractivity contribution in [3.05, 3.63) is 12.2 Å². The van der Waals surface area contributed by atoms with Gasteiger partial charge >= 0.3 is 0 Å². The van der Waals surface area contributed by atoms with E-state index in [0.29, 0.717) is 0 Å². The van der Waals surface area contributed by atoms with E-state index in [0.717, 1.165) is 41.4 Å². The second kappa shape index (κ2) is 7.32. The van der Waals surface area contributed by atoms with Crippen LogP contribution in [0.3, 0.4) is 0 Å². The Bertz CT molecular complexity index is 408. The molecule has 0 aliphatic heterocycles. The van der Waals surface area contributed by atoms with E-state index in [2.05, 4.69) is 19.1 Å². The van der Waals surface area contributed by atoms with Crippen molar-refractivity contribution >= 4 is 0 Å². The zero-order chi connectivity index (χ0) is 15.6. The van der Waals surface area contributed by atoms with Crippen LogP contribution in [0.1, 0.15) is 90.4 Å². The molecule has 7 atom stereocenters. The Kier molecular flexibility index (Phi) is 5.16. The summed E-state index contributed by atoms with van der Waals surface area (Å²) in [6.45, 7) is 2.31. The number of unbranched alkanes of at least 4 members (excludes halogenated alkanes) is 8. The summed E-state index contributed by atoms with van der Waals surface area (Å²) in [6.07, 6.45) is 24.8. The molecule has 0 aromatic heterocycles. The van der Waals surface area contributed by atoms with Gasteiger partial charge in [-0.05, 0) is 60.7 Å². The third-order valence-corrected chi connectivity index (χ3v) is 8.09. The first kappa shape index (κ1) is 16.2. The molecule has 0 radical (unpaired) electrons. The normalized spacial score (nSPS) is 42.7. The first-order chi connectivity index (χ1) is 11.4. The molecule has 0 N–H and O–H groups in total. The number of rotatable bonds is 10. The van der Waals surface area contributed by atoms with Crippen LogP contribution in [0.2, 0.25) is 0 Å². The lowest BCUT2D eigenvalue weighted by atomic mass is 9.68. The molecule has 23 heavy (non-hydrogen) atoms. The van der Waals surface area contributed by atoms with Crippen LogP contribution in [-0.2, 0) is 0 Å². The summed E-state index contributed by atoms with van der Waals surface area (Å²) in [7, 11) is 0. The second-order valence-electron chi connectivity index (χ2n) is 9.38. The topological polar surface area (TPSA) is 0 Å². The molecule has 4 bridgehead atoms. The summed E-state index contributed by atoms with van der Waals surface area (Å²) >= 11 is 0. The van der Waals surface area contributed by atoms with E-state index in [4.69, 9.17) is 0 Å². The molecule has 4 aliphatic rings. The molecule has 4 rings (SSSR count). The molecule has 0 nitrogen and oxygen atoms in total. The SMILES string of the molecule is CCCCCCCCCCCC1CC2CC1C1C3C=CC(C3)C21. The Morgan fingerprint density at radius 2 is 1.35 bits per heavy atom. The second-order valence-corrected chi connectivity index (χ2v) is 9.38. The average molecular weight is 315 g/mol. The quantitative estimate of drug-likeness (QED) is 0.231. The van der Waals surface area contributed by atoms with Crippen LogP contribution in [0, 0.1) is 41.4 Å². The first-order valence-electron chi connectivity index (χ1n) is 11.1. The van der Waals surface area contributed by atoms with Gasteiger partial charge in [0, 0.05) is 0 Å². The maximum atomic E-state index is 2.60. The molecule has 7 unspecified atom stereocenters. The van der Waals surface area contributed by atoms with Crippen molar-refractivity contribution in [3.8, 4) is 0 Å². The molecule has 0 spiro atoms. The number of allylic oxidation sites excluding steroid dienone is 2.